The Labute approximate surface area is 137 Å². The lowest BCUT2D eigenvalue weighted by molar-refractivity contribution is -0.137. The van der Waals surface area contributed by atoms with E-state index in [-0.39, 0.29) is 16.6 Å². The summed E-state index contributed by atoms with van der Waals surface area (Å²) >= 11 is 0. The van der Waals surface area contributed by atoms with Gasteiger partial charge in [0, 0.05) is 11.8 Å². The van der Waals surface area contributed by atoms with Crippen LogP contribution >= 0.6 is 0 Å². The van der Waals surface area contributed by atoms with Gasteiger partial charge in [-0.05, 0) is 66.9 Å². The van der Waals surface area contributed by atoms with Crippen LogP contribution in [0.5, 0.6) is 0 Å². The van der Waals surface area contributed by atoms with Gasteiger partial charge in [-0.2, -0.15) is 0 Å². The van der Waals surface area contributed by atoms with Gasteiger partial charge in [0.05, 0.1) is 6.10 Å². The Morgan fingerprint density at radius 3 is 2.48 bits per heavy atom. The van der Waals surface area contributed by atoms with Crippen molar-refractivity contribution in [3.05, 3.63) is 11.6 Å². The third kappa shape index (κ3) is 1.91. The molecule has 0 spiro atoms. The van der Waals surface area contributed by atoms with Crippen LogP contribution in [-0.2, 0) is 9.59 Å². The molecule has 0 amide bonds. The average molecular weight is 318 g/mol. The van der Waals surface area contributed by atoms with Crippen LogP contribution in [0.2, 0.25) is 0 Å². The lowest BCUT2D eigenvalue weighted by Gasteiger charge is -2.58. The summed E-state index contributed by atoms with van der Waals surface area (Å²) in [5.74, 6) is 1.13. The molecule has 2 N–H and O–H groups in total. The second-order valence-corrected chi connectivity index (χ2v) is 8.69. The van der Waals surface area contributed by atoms with Crippen LogP contribution in [-0.4, -0.2) is 34.0 Å². The number of carbonyl (C=O) groups is 2. The Kier molecular flexibility index (Phi) is 3.21. The predicted molar refractivity (Wildman–Crippen MR) is 84.5 cm³/mol. The molecule has 4 aliphatic carbocycles. The number of hydrogen-bond donors (Lipinski definition) is 2. The van der Waals surface area contributed by atoms with Gasteiger partial charge in [0.1, 0.15) is 11.9 Å². The van der Waals surface area contributed by atoms with Crippen molar-refractivity contribution in [3.63, 3.8) is 0 Å². The van der Waals surface area contributed by atoms with Gasteiger partial charge in [-0.15, -0.1) is 0 Å². The van der Waals surface area contributed by atoms with Gasteiger partial charge in [0.2, 0.25) is 0 Å². The topological polar surface area (TPSA) is 74.6 Å². The normalized spacial score (nSPS) is 52.5. The van der Waals surface area contributed by atoms with Crippen molar-refractivity contribution in [2.24, 2.45) is 28.6 Å². The third-order valence-electron chi connectivity index (χ3n) is 7.72. The molecule has 0 bridgehead atoms. The molecule has 0 unspecified atom stereocenters. The van der Waals surface area contributed by atoms with E-state index >= 15 is 0 Å². The molecule has 3 fully saturated rings. The van der Waals surface area contributed by atoms with Crippen molar-refractivity contribution in [3.8, 4) is 0 Å². The minimum absolute atomic E-state index is 0.221. The van der Waals surface area contributed by atoms with Gasteiger partial charge in [0.15, 0.2) is 5.78 Å². The molecule has 0 radical (unpaired) electrons. The van der Waals surface area contributed by atoms with Crippen LogP contribution in [0, 0.1) is 28.6 Å². The first-order valence-corrected chi connectivity index (χ1v) is 8.93. The quantitative estimate of drug-likeness (QED) is 0.717. The molecule has 7 atom stereocenters. The molecule has 0 saturated heterocycles. The Morgan fingerprint density at radius 1 is 1.04 bits per heavy atom. The fourth-order valence-electron chi connectivity index (χ4n) is 6.44. The van der Waals surface area contributed by atoms with Crippen molar-refractivity contribution in [2.45, 2.75) is 64.6 Å². The lowest BCUT2D eigenvalue weighted by Crippen LogP contribution is -2.55. The molecule has 0 aromatic rings. The monoisotopic (exact) mass is 318 g/mol. The number of aliphatic hydroxyl groups excluding tert-OH is 2. The number of fused-ring (bicyclic) bond motifs is 5. The van der Waals surface area contributed by atoms with E-state index in [2.05, 4.69) is 13.8 Å². The second-order valence-electron chi connectivity index (χ2n) is 8.69. The maximum atomic E-state index is 12.4. The highest BCUT2D eigenvalue weighted by molar-refractivity contribution is 5.95. The van der Waals surface area contributed by atoms with E-state index in [1.807, 2.05) is 0 Å². The summed E-state index contributed by atoms with van der Waals surface area (Å²) in [4.78, 5) is 24.3. The molecule has 4 heteroatoms. The summed E-state index contributed by atoms with van der Waals surface area (Å²) in [6.07, 6.45) is 4.45. The van der Waals surface area contributed by atoms with Crippen LogP contribution in [0.4, 0.5) is 0 Å². The number of Topliss-reactive ketones (excluding diaryl/α,β-unsaturated/α-hetero) is 1. The highest BCUT2D eigenvalue weighted by Crippen LogP contribution is 2.64. The number of aliphatic hydroxyl groups is 2. The van der Waals surface area contributed by atoms with Gasteiger partial charge < -0.3 is 10.2 Å². The lowest BCUT2D eigenvalue weighted by atomic mass is 9.47. The van der Waals surface area contributed by atoms with E-state index in [4.69, 9.17) is 0 Å². The van der Waals surface area contributed by atoms with Crippen LogP contribution in [0.3, 0.4) is 0 Å². The summed E-state index contributed by atoms with van der Waals surface area (Å²) in [5.41, 5.74) is 0.284. The molecule has 4 nitrogen and oxygen atoms in total. The summed E-state index contributed by atoms with van der Waals surface area (Å²) in [5, 5.41) is 20.8. The van der Waals surface area contributed by atoms with Crippen LogP contribution in [0.1, 0.15) is 52.4 Å². The molecule has 23 heavy (non-hydrogen) atoms. The second kappa shape index (κ2) is 4.76. The van der Waals surface area contributed by atoms with E-state index in [0.29, 0.717) is 42.8 Å². The zero-order valence-electron chi connectivity index (χ0n) is 13.9. The number of rotatable bonds is 0. The largest absolute Gasteiger partial charge is 0.389 e. The average Bonchev–Trinajstić information content (AvgIpc) is 2.78. The highest BCUT2D eigenvalue weighted by Gasteiger charge is 2.61. The first kappa shape index (κ1) is 15.5. The zero-order valence-corrected chi connectivity index (χ0v) is 13.9. The summed E-state index contributed by atoms with van der Waals surface area (Å²) in [6.45, 7) is 4.22. The Balaban J connectivity index is 1.75. The molecule has 0 aliphatic heterocycles. The summed E-state index contributed by atoms with van der Waals surface area (Å²) in [7, 11) is 0. The van der Waals surface area contributed by atoms with Gasteiger partial charge >= 0.3 is 0 Å². The molecular weight excluding hydrogens is 292 g/mol. The molecule has 4 aliphatic rings. The molecule has 0 aromatic carbocycles. The number of hydrogen-bond acceptors (Lipinski definition) is 4. The van der Waals surface area contributed by atoms with E-state index in [9.17, 15) is 19.8 Å². The minimum Gasteiger partial charge on any atom is -0.389 e. The molecule has 126 valence electrons. The van der Waals surface area contributed by atoms with Crippen molar-refractivity contribution in [1.29, 1.82) is 0 Å². The van der Waals surface area contributed by atoms with Gasteiger partial charge in [-0.3, -0.25) is 9.59 Å². The third-order valence-corrected chi connectivity index (χ3v) is 7.72. The first-order chi connectivity index (χ1) is 10.8. The molecule has 0 aromatic heterocycles. The van der Waals surface area contributed by atoms with E-state index in [1.54, 1.807) is 0 Å². The van der Waals surface area contributed by atoms with E-state index in [1.165, 1.54) is 6.08 Å². The minimum atomic E-state index is -0.951. The summed E-state index contributed by atoms with van der Waals surface area (Å²) < 4.78 is 0. The number of ketones is 2. The highest BCUT2D eigenvalue weighted by atomic mass is 16.3. The summed E-state index contributed by atoms with van der Waals surface area (Å²) in [6, 6.07) is 0. The maximum absolute atomic E-state index is 12.4. The molecule has 4 rings (SSSR count). The van der Waals surface area contributed by atoms with Crippen molar-refractivity contribution in [2.75, 3.05) is 0 Å². The fraction of sp³-hybridized carbons (Fsp3) is 0.789. The smallest absolute Gasteiger partial charge is 0.184 e. The van der Waals surface area contributed by atoms with Crippen LogP contribution in [0.25, 0.3) is 0 Å². The SMILES string of the molecule is C[C@]12C[C@H](O)C(=O)C=C1[C@H](O)C[C@@H]1[C@@H]2CC[C@]2(C)C(=O)CC[C@@H]12. The Hall–Kier alpha value is -1.00. The number of carbonyl (C=O) groups excluding carboxylic acids is 2. The van der Waals surface area contributed by atoms with Crippen LogP contribution < -0.4 is 0 Å². The zero-order chi connectivity index (χ0) is 16.6. The van der Waals surface area contributed by atoms with Gasteiger partial charge in [-0.25, -0.2) is 0 Å². The predicted octanol–water partition coefficient (Wildman–Crippen LogP) is 2.03. The van der Waals surface area contributed by atoms with Gasteiger partial charge in [-0.1, -0.05) is 13.8 Å². The molecular formula is C19H26O4. The van der Waals surface area contributed by atoms with Crippen molar-refractivity contribution >= 4 is 11.6 Å². The first-order valence-electron chi connectivity index (χ1n) is 8.93. The fourth-order valence-corrected chi connectivity index (χ4v) is 6.44. The maximum Gasteiger partial charge on any atom is 0.184 e. The molecule has 0 heterocycles. The van der Waals surface area contributed by atoms with E-state index < -0.39 is 12.2 Å². The van der Waals surface area contributed by atoms with Crippen LogP contribution in [0.15, 0.2) is 11.6 Å². The molecule has 3 saturated carbocycles. The van der Waals surface area contributed by atoms with Gasteiger partial charge in [0.25, 0.3) is 0 Å². The Bertz CT molecular complexity index is 608. The van der Waals surface area contributed by atoms with Crippen molar-refractivity contribution in [1.82, 2.24) is 0 Å². The van der Waals surface area contributed by atoms with E-state index in [0.717, 1.165) is 24.8 Å². The van der Waals surface area contributed by atoms with Crippen molar-refractivity contribution < 1.29 is 19.8 Å². The standard InChI is InChI=1S/C19H26O4/c1-18-6-5-12-10(11(18)3-4-17(18)23)7-14(20)13-8-15(21)16(22)9-19(12,13)2/h8,10-12,14,16,20,22H,3-7,9H2,1-2H3/t10-,11-,12-,14+,16-,18-,19+/m0/s1. The Morgan fingerprint density at radius 2 is 1.74 bits per heavy atom.